The number of halogens is 2. The predicted octanol–water partition coefficient (Wildman–Crippen LogP) is 2.08. The molecule has 2 saturated heterocycles. The summed E-state index contributed by atoms with van der Waals surface area (Å²) < 4.78 is 1.66. The zero-order valence-corrected chi connectivity index (χ0v) is 17.8. The molecule has 3 unspecified atom stereocenters. The fraction of sp³-hybridized carbons (Fsp3) is 0.263. The van der Waals surface area contributed by atoms with Crippen LogP contribution < -0.4 is 26.7 Å². The minimum atomic E-state index is -0.430. The van der Waals surface area contributed by atoms with Gasteiger partial charge in [0.25, 0.3) is 5.91 Å². The normalized spacial score (nSPS) is 23.6. The van der Waals surface area contributed by atoms with Crippen molar-refractivity contribution in [3.8, 4) is 0 Å². The second kappa shape index (κ2) is 8.24. The number of aromatic nitrogens is 2. The van der Waals surface area contributed by atoms with Gasteiger partial charge in [-0.3, -0.25) is 20.1 Å². The summed E-state index contributed by atoms with van der Waals surface area (Å²) in [5, 5.41) is 15.6. The molecule has 0 saturated carbocycles. The van der Waals surface area contributed by atoms with Crippen LogP contribution in [0, 0.1) is 0 Å². The van der Waals surface area contributed by atoms with Crippen molar-refractivity contribution >= 4 is 51.4 Å². The maximum absolute atomic E-state index is 13.0. The SMILES string of the molecule is Cn1ncc2cccc(C(=O)Nc3cccc(N4ONC5NC(Cl)CNC5O4)c3Cl)c21. The third-order valence-electron chi connectivity index (χ3n) is 5.06. The second-order valence-corrected chi connectivity index (χ2v) is 8.02. The van der Waals surface area contributed by atoms with E-state index in [4.69, 9.17) is 33.0 Å². The minimum Gasteiger partial charge on any atom is -0.320 e. The number of piperazine rings is 1. The highest BCUT2D eigenvalue weighted by Gasteiger charge is 2.37. The molecule has 12 heteroatoms. The molecule has 3 heterocycles. The van der Waals surface area contributed by atoms with Gasteiger partial charge in [0, 0.05) is 19.0 Å². The molecule has 0 aliphatic carbocycles. The molecule has 162 valence electrons. The molecule has 2 aliphatic rings. The summed E-state index contributed by atoms with van der Waals surface area (Å²) in [7, 11) is 1.79. The van der Waals surface area contributed by atoms with Gasteiger partial charge in [0.2, 0.25) is 0 Å². The number of hydrogen-bond donors (Lipinski definition) is 4. The number of hydroxylamine groups is 1. The van der Waals surface area contributed by atoms with Crippen molar-refractivity contribution in [2.45, 2.75) is 17.9 Å². The molecule has 2 aromatic carbocycles. The highest BCUT2D eigenvalue weighted by atomic mass is 35.5. The molecule has 31 heavy (non-hydrogen) atoms. The summed E-state index contributed by atoms with van der Waals surface area (Å²) in [4.78, 5) is 24.3. The highest BCUT2D eigenvalue weighted by molar-refractivity contribution is 6.36. The molecular formula is C19H19Cl2N7O3. The number of carbonyl (C=O) groups excluding carboxylic acids is 1. The van der Waals surface area contributed by atoms with Gasteiger partial charge in [-0.1, -0.05) is 29.8 Å². The van der Waals surface area contributed by atoms with Gasteiger partial charge in [-0.25, -0.2) is 4.84 Å². The number of amides is 1. The molecule has 10 nitrogen and oxygen atoms in total. The zero-order valence-electron chi connectivity index (χ0n) is 16.3. The van der Waals surface area contributed by atoms with E-state index in [0.717, 1.165) is 16.1 Å². The Morgan fingerprint density at radius 3 is 3.00 bits per heavy atom. The first-order chi connectivity index (χ1) is 15.0. The number of carbonyl (C=O) groups is 1. The van der Waals surface area contributed by atoms with E-state index < -0.39 is 6.23 Å². The van der Waals surface area contributed by atoms with Crippen LogP contribution in [0.25, 0.3) is 10.9 Å². The molecule has 1 amide bonds. The van der Waals surface area contributed by atoms with E-state index in [2.05, 4.69) is 26.5 Å². The number of hydrogen-bond acceptors (Lipinski definition) is 8. The van der Waals surface area contributed by atoms with E-state index in [1.165, 1.54) is 0 Å². The molecule has 0 radical (unpaired) electrons. The third-order valence-corrected chi connectivity index (χ3v) is 5.74. The van der Waals surface area contributed by atoms with E-state index in [-0.39, 0.29) is 22.6 Å². The van der Waals surface area contributed by atoms with Gasteiger partial charge >= 0.3 is 0 Å². The Labute approximate surface area is 187 Å². The Morgan fingerprint density at radius 2 is 2.13 bits per heavy atom. The van der Waals surface area contributed by atoms with Gasteiger partial charge in [-0.15, -0.1) is 16.8 Å². The van der Waals surface area contributed by atoms with Crippen LogP contribution in [0.3, 0.4) is 0 Å². The van der Waals surface area contributed by atoms with Gasteiger partial charge in [-0.2, -0.15) is 15.5 Å². The second-order valence-electron chi connectivity index (χ2n) is 7.12. The van der Waals surface area contributed by atoms with Gasteiger partial charge < -0.3 is 5.32 Å². The standard InChI is InChI=1S/C19H19Cl2N7O3/c1-27-16-10(8-23-27)4-2-5-11(16)18(29)24-12-6-3-7-13(15(12)21)28-30-19-17(26-31-28)25-14(20)9-22-19/h2-8,14,17,19,22,25-26H,9H2,1H3,(H,24,29). The van der Waals surface area contributed by atoms with Crippen molar-refractivity contribution in [1.82, 2.24) is 25.9 Å². The largest absolute Gasteiger partial charge is 0.320 e. The monoisotopic (exact) mass is 463 g/mol. The number of aryl methyl sites for hydroxylation is 1. The molecule has 2 aliphatic heterocycles. The molecule has 4 N–H and O–H groups in total. The van der Waals surface area contributed by atoms with E-state index >= 15 is 0 Å². The molecule has 3 atom stereocenters. The van der Waals surface area contributed by atoms with Crippen molar-refractivity contribution in [2.75, 3.05) is 17.1 Å². The van der Waals surface area contributed by atoms with Crippen LogP contribution in [0.1, 0.15) is 10.4 Å². The first-order valence-electron chi connectivity index (χ1n) is 9.55. The highest BCUT2D eigenvalue weighted by Crippen LogP contribution is 2.35. The Hall–Kier alpha value is -2.44. The number of benzene rings is 2. The van der Waals surface area contributed by atoms with Crippen molar-refractivity contribution < 1.29 is 14.6 Å². The van der Waals surface area contributed by atoms with Crippen LogP contribution in [0.2, 0.25) is 5.02 Å². The van der Waals surface area contributed by atoms with E-state index in [9.17, 15) is 4.79 Å². The first kappa shape index (κ1) is 20.5. The Morgan fingerprint density at radius 1 is 1.29 bits per heavy atom. The average molecular weight is 464 g/mol. The smallest absolute Gasteiger partial charge is 0.257 e. The molecular weight excluding hydrogens is 445 g/mol. The molecule has 5 rings (SSSR count). The van der Waals surface area contributed by atoms with Gasteiger partial charge in [0.1, 0.15) is 11.9 Å². The predicted molar refractivity (Wildman–Crippen MR) is 116 cm³/mol. The quantitative estimate of drug-likeness (QED) is 0.345. The lowest BCUT2D eigenvalue weighted by atomic mass is 10.1. The summed E-state index contributed by atoms with van der Waals surface area (Å²) in [5.74, 6) is -0.307. The van der Waals surface area contributed by atoms with Gasteiger partial charge in [-0.05, 0) is 18.2 Å². The number of para-hydroxylation sites is 1. The van der Waals surface area contributed by atoms with Crippen molar-refractivity contribution in [1.29, 1.82) is 0 Å². The molecule has 1 aromatic heterocycles. The zero-order chi connectivity index (χ0) is 21.5. The number of nitrogens with one attached hydrogen (secondary N) is 4. The summed E-state index contributed by atoms with van der Waals surface area (Å²) >= 11 is 12.7. The average Bonchev–Trinajstić information content (AvgIpc) is 3.16. The summed E-state index contributed by atoms with van der Waals surface area (Å²) in [5.41, 5.74) is 4.62. The van der Waals surface area contributed by atoms with Crippen LogP contribution >= 0.6 is 23.2 Å². The number of alkyl halides is 1. The van der Waals surface area contributed by atoms with Gasteiger partial charge in [0.15, 0.2) is 6.23 Å². The number of fused-ring (bicyclic) bond motifs is 2. The van der Waals surface area contributed by atoms with E-state index in [1.54, 1.807) is 42.2 Å². The van der Waals surface area contributed by atoms with Crippen LogP contribution in [0.15, 0.2) is 42.6 Å². The topological polar surface area (TPSA) is 105 Å². The van der Waals surface area contributed by atoms with E-state index in [0.29, 0.717) is 23.5 Å². The van der Waals surface area contributed by atoms with E-state index in [1.807, 2.05) is 12.1 Å². The van der Waals surface area contributed by atoms with Gasteiger partial charge in [0.05, 0.1) is 33.5 Å². The first-order valence-corrected chi connectivity index (χ1v) is 10.4. The van der Waals surface area contributed by atoms with Crippen molar-refractivity contribution in [3.05, 3.63) is 53.2 Å². The van der Waals surface area contributed by atoms with Crippen molar-refractivity contribution in [3.63, 3.8) is 0 Å². The van der Waals surface area contributed by atoms with Crippen LogP contribution in [0.5, 0.6) is 0 Å². The molecule has 2 fully saturated rings. The molecule has 0 spiro atoms. The van der Waals surface area contributed by atoms with Crippen LogP contribution in [-0.2, 0) is 16.8 Å². The fourth-order valence-corrected chi connectivity index (χ4v) is 4.04. The van der Waals surface area contributed by atoms with Crippen LogP contribution in [0.4, 0.5) is 11.4 Å². The lowest BCUT2D eigenvalue weighted by Gasteiger charge is -2.42. The maximum Gasteiger partial charge on any atom is 0.257 e. The summed E-state index contributed by atoms with van der Waals surface area (Å²) in [6.07, 6.45) is 0.944. The Balaban J connectivity index is 1.37. The van der Waals surface area contributed by atoms with Crippen LogP contribution in [-0.4, -0.2) is 40.1 Å². The minimum absolute atomic E-state index is 0.251. The van der Waals surface area contributed by atoms with Crippen molar-refractivity contribution in [2.24, 2.45) is 7.05 Å². The summed E-state index contributed by atoms with van der Waals surface area (Å²) in [6.45, 7) is 0.516. The number of nitrogens with zero attached hydrogens (tertiary/aromatic N) is 3. The Bertz CT molecular complexity index is 1140. The maximum atomic E-state index is 13.0. The fourth-order valence-electron chi connectivity index (χ4n) is 3.57. The Kier molecular flexibility index (Phi) is 5.44. The molecule has 0 bridgehead atoms. The number of anilines is 2. The lowest BCUT2D eigenvalue weighted by Crippen LogP contribution is -2.70. The molecule has 3 aromatic rings. The third kappa shape index (κ3) is 3.83. The lowest BCUT2D eigenvalue weighted by molar-refractivity contribution is -0.244. The summed E-state index contributed by atoms with van der Waals surface area (Å²) in [6, 6.07) is 10.6. The number of rotatable bonds is 3.